The Balaban J connectivity index is 1.06. The number of nitrogens with zero attached hydrogens (tertiary/aromatic N) is 3. The molecule has 2 saturated carbocycles. The molecule has 1 heterocycles. The van der Waals surface area contributed by atoms with Gasteiger partial charge in [0.2, 0.25) is 11.9 Å². The molecule has 6 rings (SSSR count). The van der Waals surface area contributed by atoms with Gasteiger partial charge in [-0.3, -0.25) is 14.4 Å². The van der Waals surface area contributed by atoms with Crippen LogP contribution in [0.3, 0.4) is 0 Å². The average molecular weight is 767 g/mol. The molecule has 54 heavy (non-hydrogen) atoms. The maximum atomic E-state index is 12.9. The van der Waals surface area contributed by atoms with Crippen molar-refractivity contribution in [2.24, 2.45) is 0 Å². The number of nitrogens with one attached hydrogen (secondary N) is 5. The van der Waals surface area contributed by atoms with Gasteiger partial charge in [0.15, 0.2) is 6.61 Å². The first kappa shape index (κ1) is 37.8. The Morgan fingerprint density at radius 3 is 2.13 bits per heavy atom. The summed E-state index contributed by atoms with van der Waals surface area (Å²) < 4.78 is 43.6. The van der Waals surface area contributed by atoms with Crippen LogP contribution in [-0.4, -0.2) is 74.7 Å². The largest absolute Gasteiger partial charge is 0.480 e. The number of aromatic nitrogens is 3. The van der Waals surface area contributed by atoms with E-state index in [0.29, 0.717) is 42.8 Å². The highest BCUT2D eigenvalue weighted by Crippen LogP contribution is 2.48. The number of amides is 3. The number of benzene rings is 3. The molecule has 282 valence electrons. The number of halogens is 4. The first-order valence-electron chi connectivity index (χ1n) is 16.7. The second kappa shape index (κ2) is 15.6. The number of carbonyl (C=O) groups excluding carboxylic acids is 3. The topological polar surface area (TPSA) is 197 Å². The van der Waals surface area contributed by atoms with Gasteiger partial charge in [-0.25, -0.2) is 4.79 Å². The van der Waals surface area contributed by atoms with Crippen LogP contribution < -0.4 is 31.3 Å². The number of carboxylic acid groups (broad SMARTS) is 1. The number of rotatable bonds is 15. The van der Waals surface area contributed by atoms with Gasteiger partial charge in [0.25, 0.3) is 5.91 Å². The highest BCUT2D eigenvalue weighted by atomic mass is 35.5. The first-order valence-corrected chi connectivity index (χ1v) is 17.1. The van der Waals surface area contributed by atoms with Gasteiger partial charge in [0.1, 0.15) is 6.04 Å². The fraction of sp³-hybridized carbons (Fsp3) is 0.306. The number of alkyl halides is 3. The lowest BCUT2D eigenvalue weighted by Crippen LogP contribution is -2.52. The number of carbonyl (C=O) groups is 4. The number of carboxylic acids is 1. The summed E-state index contributed by atoms with van der Waals surface area (Å²) in [5.74, 6) is -4.39. The van der Waals surface area contributed by atoms with Crippen LogP contribution in [0.15, 0.2) is 78.9 Å². The maximum Gasteiger partial charge on any atom is 0.422 e. The van der Waals surface area contributed by atoms with E-state index in [0.717, 1.165) is 11.1 Å². The highest BCUT2D eigenvalue weighted by molar-refractivity contribution is 6.35. The monoisotopic (exact) mass is 766 g/mol. The molecule has 2 aliphatic rings. The third-order valence-electron chi connectivity index (χ3n) is 8.77. The number of hydrogen-bond acceptors (Lipinski definition) is 10. The third-order valence-corrected chi connectivity index (χ3v) is 9.03. The van der Waals surface area contributed by atoms with Crippen LogP contribution in [0.2, 0.25) is 5.02 Å². The van der Waals surface area contributed by atoms with Gasteiger partial charge < -0.3 is 36.4 Å². The van der Waals surface area contributed by atoms with Crippen molar-refractivity contribution >= 4 is 52.9 Å². The average Bonchev–Trinajstić information content (AvgIpc) is 4.07. The molecule has 0 bridgehead atoms. The SMILES string of the molecule is O=C(NC[C@H](NC(=O)c1ccc(Nc2nc(NC3(c4ccc(Cl)cc4)CC3)nc(OCC(F)(F)F)n2)cc1)C(=O)O)C(=O)NC1(Cc2ccccc2)CC1. The minimum Gasteiger partial charge on any atom is -0.480 e. The van der Waals surface area contributed by atoms with Crippen molar-refractivity contribution < 1.29 is 42.2 Å². The van der Waals surface area contributed by atoms with Crippen molar-refractivity contribution in [1.82, 2.24) is 30.9 Å². The molecule has 0 spiro atoms. The van der Waals surface area contributed by atoms with E-state index in [2.05, 4.69) is 41.5 Å². The normalized spacial score (nSPS) is 15.6. The van der Waals surface area contributed by atoms with Crippen molar-refractivity contribution in [2.75, 3.05) is 23.8 Å². The molecule has 0 aliphatic heterocycles. The summed E-state index contributed by atoms with van der Waals surface area (Å²) in [5.41, 5.74) is 1.13. The van der Waals surface area contributed by atoms with E-state index >= 15 is 0 Å². The molecule has 2 aliphatic carbocycles. The molecule has 0 radical (unpaired) electrons. The molecule has 3 amide bonds. The molecule has 18 heteroatoms. The minimum atomic E-state index is -4.65. The third kappa shape index (κ3) is 10.1. The molecule has 1 atom stereocenters. The van der Waals surface area contributed by atoms with Crippen LogP contribution in [0.4, 0.5) is 30.8 Å². The van der Waals surface area contributed by atoms with E-state index in [1.54, 1.807) is 12.1 Å². The zero-order valence-corrected chi connectivity index (χ0v) is 29.1. The smallest absolute Gasteiger partial charge is 0.422 e. The summed E-state index contributed by atoms with van der Waals surface area (Å²) in [5, 5.41) is 23.6. The van der Waals surface area contributed by atoms with E-state index in [9.17, 15) is 37.5 Å². The molecule has 14 nitrogen and oxygen atoms in total. The Morgan fingerprint density at radius 1 is 0.852 bits per heavy atom. The fourth-order valence-electron chi connectivity index (χ4n) is 5.60. The van der Waals surface area contributed by atoms with Crippen LogP contribution in [0, 0.1) is 0 Å². The molecule has 4 aromatic rings. The highest BCUT2D eigenvalue weighted by Gasteiger charge is 2.46. The Hall–Kier alpha value is -5.97. The maximum absolute atomic E-state index is 12.9. The van der Waals surface area contributed by atoms with Crippen LogP contribution in [0.5, 0.6) is 6.01 Å². The lowest BCUT2D eigenvalue weighted by molar-refractivity contribution is -0.154. The molecular formula is C36H34ClF3N8O6. The Kier molecular flexibility index (Phi) is 10.9. The van der Waals surface area contributed by atoms with Gasteiger partial charge in [-0.15, -0.1) is 0 Å². The summed E-state index contributed by atoms with van der Waals surface area (Å²) in [6.45, 7) is -2.20. The van der Waals surface area contributed by atoms with E-state index < -0.39 is 66.1 Å². The molecule has 3 aromatic carbocycles. The number of ether oxygens (including phenoxy) is 1. The zero-order valence-electron chi connectivity index (χ0n) is 28.4. The van der Waals surface area contributed by atoms with Crippen molar-refractivity contribution in [2.45, 2.75) is 55.4 Å². The molecule has 0 unspecified atom stereocenters. The molecule has 2 fully saturated rings. The second-order valence-electron chi connectivity index (χ2n) is 13.1. The number of hydrogen-bond donors (Lipinski definition) is 6. The molecular weight excluding hydrogens is 733 g/mol. The van der Waals surface area contributed by atoms with Gasteiger partial charge in [0.05, 0.1) is 5.54 Å². The van der Waals surface area contributed by atoms with Gasteiger partial charge in [-0.1, -0.05) is 54.1 Å². The standard InChI is InChI=1S/C36H34ClF3N8O6/c37-24-10-8-23(9-11-24)35(16-17-35)48-32-44-31(45-33(46-32)54-20-36(38,39)40)42-25-12-6-22(7-13-25)27(49)43-26(30(52)53)19-41-28(50)29(51)47-34(14-15-34)18-21-4-2-1-3-5-21/h1-13,26H,14-20H2,(H,41,50)(H,43,49)(H,47,51)(H,52,53)(H2,42,44,45,46,48)/t26-/m0/s1. The molecule has 6 N–H and O–H groups in total. The van der Waals surface area contributed by atoms with Gasteiger partial charge in [0, 0.05) is 28.4 Å². The number of aliphatic carboxylic acids is 1. The Bertz CT molecular complexity index is 2010. The molecule has 0 saturated heterocycles. The van der Waals surface area contributed by atoms with Crippen molar-refractivity contribution in [1.29, 1.82) is 0 Å². The van der Waals surface area contributed by atoms with Crippen LogP contribution in [0.25, 0.3) is 0 Å². The lowest BCUT2D eigenvalue weighted by atomic mass is 10.0. The predicted molar refractivity (Wildman–Crippen MR) is 189 cm³/mol. The summed E-state index contributed by atoms with van der Waals surface area (Å²) in [6, 6.07) is 20.0. The van der Waals surface area contributed by atoms with Crippen molar-refractivity contribution in [3.63, 3.8) is 0 Å². The van der Waals surface area contributed by atoms with Gasteiger partial charge in [-0.05, 0) is 79.6 Å². The summed E-state index contributed by atoms with van der Waals surface area (Å²) in [4.78, 5) is 62.3. The first-order chi connectivity index (χ1) is 25.7. The van der Waals surface area contributed by atoms with E-state index in [1.807, 2.05) is 42.5 Å². The second-order valence-corrected chi connectivity index (χ2v) is 13.5. The lowest BCUT2D eigenvalue weighted by Gasteiger charge is -2.19. The van der Waals surface area contributed by atoms with E-state index in [-0.39, 0.29) is 17.5 Å². The van der Waals surface area contributed by atoms with Gasteiger partial charge >= 0.3 is 30.0 Å². The van der Waals surface area contributed by atoms with Crippen molar-refractivity contribution in [3.05, 3.63) is 101 Å². The Labute approximate surface area is 311 Å². The predicted octanol–water partition coefficient (Wildman–Crippen LogP) is 4.50. The van der Waals surface area contributed by atoms with E-state index in [4.69, 9.17) is 16.3 Å². The summed E-state index contributed by atoms with van der Waals surface area (Å²) in [7, 11) is 0. The van der Waals surface area contributed by atoms with E-state index in [1.165, 1.54) is 24.3 Å². The fourth-order valence-corrected chi connectivity index (χ4v) is 5.73. The van der Waals surface area contributed by atoms with Crippen LogP contribution in [-0.2, 0) is 26.3 Å². The Morgan fingerprint density at radius 2 is 1.52 bits per heavy atom. The molecule has 1 aromatic heterocycles. The summed E-state index contributed by atoms with van der Waals surface area (Å²) in [6.07, 6.45) is -1.31. The van der Waals surface area contributed by atoms with Crippen molar-refractivity contribution in [3.8, 4) is 6.01 Å². The zero-order chi connectivity index (χ0) is 38.5. The van der Waals surface area contributed by atoms with Crippen LogP contribution in [0.1, 0.15) is 47.2 Å². The number of anilines is 3. The van der Waals surface area contributed by atoms with Gasteiger partial charge in [-0.2, -0.15) is 28.1 Å². The quantitative estimate of drug-likeness (QED) is 0.0933. The summed E-state index contributed by atoms with van der Waals surface area (Å²) >= 11 is 6.02. The van der Waals surface area contributed by atoms with Crippen LogP contribution >= 0.6 is 11.6 Å². The minimum absolute atomic E-state index is 0.0401.